The summed E-state index contributed by atoms with van der Waals surface area (Å²) in [6.45, 7) is 0.464. The van der Waals surface area contributed by atoms with Crippen LogP contribution in [-0.2, 0) is 9.53 Å². The van der Waals surface area contributed by atoms with E-state index >= 15 is 0 Å². The normalized spacial score (nSPS) is 9.84. The lowest BCUT2D eigenvalue weighted by molar-refractivity contribution is -0.140. The molecule has 1 N–H and O–H groups in total. The number of para-hydroxylation sites is 1. The summed E-state index contributed by atoms with van der Waals surface area (Å²) in [6.07, 6.45) is 0.847. The molecule has 1 rings (SSSR count). The standard InChI is InChI=1S/C13H17ClN2O3/c1-16(9-5-8-12(17)19-2)13(18)15-11-7-4-3-6-10(11)14/h3-4,6-7H,5,8-9H2,1-2H3,(H,15,18). The van der Waals surface area contributed by atoms with Gasteiger partial charge >= 0.3 is 12.0 Å². The number of methoxy groups -OCH3 is 1. The van der Waals surface area contributed by atoms with Crippen molar-refractivity contribution in [1.29, 1.82) is 0 Å². The molecule has 0 spiro atoms. The lowest BCUT2D eigenvalue weighted by atomic mass is 10.3. The van der Waals surface area contributed by atoms with Gasteiger partial charge in [0.05, 0.1) is 17.8 Å². The Labute approximate surface area is 117 Å². The minimum atomic E-state index is -0.278. The fourth-order valence-corrected chi connectivity index (χ4v) is 1.62. The highest BCUT2D eigenvalue weighted by molar-refractivity contribution is 6.33. The molecule has 1 aromatic carbocycles. The van der Waals surface area contributed by atoms with E-state index in [1.807, 2.05) is 0 Å². The molecule has 6 heteroatoms. The average molecular weight is 285 g/mol. The van der Waals surface area contributed by atoms with E-state index in [0.717, 1.165) is 0 Å². The predicted molar refractivity (Wildman–Crippen MR) is 74.4 cm³/mol. The van der Waals surface area contributed by atoms with E-state index in [1.54, 1.807) is 31.3 Å². The number of anilines is 1. The van der Waals surface area contributed by atoms with E-state index in [2.05, 4.69) is 10.1 Å². The van der Waals surface area contributed by atoms with Gasteiger partial charge in [-0.15, -0.1) is 0 Å². The van der Waals surface area contributed by atoms with Gasteiger partial charge in [0.25, 0.3) is 0 Å². The Balaban J connectivity index is 2.41. The van der Waals surface area contributed by atoms with Crippen molar-refractivity contribution in [1.82, 2.24) is 4.90 Å². The van der Waals surface area contributed by atoms with Crippen molar-refractivity contribution in [3.63, 3.8) is 0 Å². The first-order chi connectivity index (χ1) is 9.04. The fourth-order valence-electron chi connectivity index (χ4n) is 1.44. The number of benzene rings is 1. The molecule has 0 aliphatic heterocycles. The molecule has 0 bridgehead atoms. The van der Waals surface area contributed by atoms with Gasteiger partial charge < -0.3 is 15.0 Å². The van der Waals surface area contributed by atoms with Crippen LogP contribution in [0.4, 0.5) is 10.5 Å². The van der Waals surface area contributed by atoms with Crippen molar-refractivity contribution in [3.05, 3.63) is 29.3 Å². The van der Waals surface area contributed by atoms with Gasteiger partial charge in [-0.05, 0) is 18.6 Å². The molecule has 0 aromatic heterocycles. The van der Waals surface area contributed by atoms with Gasteiger partial charge in [-0.1, -0.05) is 23.7 Å². The van der Waals surface area contributed by atoms with Crippen molar-refractivity contribution in [3.8, 4) is 0 Å². The monoisotopic (exact) mass is 284 g/mol. The van der Waals surface area contributed by atoms with Crippen LogP contribution in [0.2, 0.25) is 5.02 Å². The van der Waals surface area contributed by atoms with Crippen molar-refractivity contribution in [2.75, 3.05) is 26.0 Å². The maximum Gasteiger partial charge on any atom is 0.321 e. The van der Waals surface area contributed by atoms with Crippen LogP contribution < -0.4 is 5.32 Å². The van der Waals surface area contributed by atoms with Crippen molar-refractivity contribution >= 4 is 29.3 Å². The molecular formula is C13H17ClN2O3. The number of halogens is 1. The number of carbonyl (C=O) groups is 2. The zero-order chi connectivity index (χ0) is 14.3. The number of nitrogens with one attached hydrogen (secondary N) is 1. The van der Waals surface area contributed by atoms with E-state index < -0.39 is 0 Å². The molecule has 0 radical (unpaired) electrons. The number of ether oxygens (including phenoxy) is 1. The Bertz CT molecular complexity index is 451. The first-order valence-corrected chi connectivity index (χ1v) is 6.26. The second-order valence-corrected chi connectivity index (χ2v) is 4.42. The zero-order valence-corrected chi connectivity index (χ0v) is 11.7. The van der Waals surface area contributed by atoms with Gasteiger partial charge in [0.15, 0.2) is 0 Å². The molecule has 0 heterocycles. The number of carbonyl (C=O) groups excluding carboxylic acids is 2. The summed E-state index contributed by atoms with van der Waals surface area (Å²) in [4.78, 5) is 24.3. The molecule has 0 saturated carbocycles. The molecular weight excluding hydrogens is 268 g/mol. The number of hydrogen-bond acceptors (Lipinski definition) is 3. The van der Waals surface area contributed by atoms with Crippen LogP contribution in [0.15, 0.2) is 24.3 Å². The summed E-state index contributed by atoms with van der Waals surface area (Å²) in [5.41, 5.74) is 0.564. The SMILES string of the molecule is COC(=O)CCCN(C)C(=O)Nc1ccccc1Cl. The highest BCUT2D eigenvalue weighted by atomic mass is 35.5. The van der Waals surface area contributed by atoms with Gasteiger partial charge in [-0.25, -0.2) is 4.79 Å². The Morgan fingerprint density at radius 2 is 2.05 bits per heavy atom. The first kappa shape index (κ1) is 15.3. The highest BCUT2D eigenvalue weighted by Crippen LogP contribution is 2.20. The molecule has 2 amide bonds. The summed E-state index contributed by atoms with van der Waals surface area (Å²) in [5, 5.41) is 3.19. The van der Waals surface area contributed by atoms with Crippen LogP contribution in [0.25, 0.3) is 0 Å². The number of hydrogen-bond donors (Lipinski definition) is 1. The van der Waals surface area contributed by atoms with Gasteiger partial charge in [0, 0.05) is 20.0 Å². The van der Waals surface area contributed by atoms with Crippen LogP contribution in [-0.4, -0.2) is 37.6 Å². The molecule has 0 saturated heterocycles. The number of esters is 1. The maximum absolute atomic E-state index is 11.8. The summed E-state index contributed by atoms with van der Waals surface area (Å²) >= 11 is 5.94. The summed E-state index contributed by atoms with van der Waals surface area (Å²) < 4.78 is 4.53. The van der Waals surface area contributed by atoms with Crippen LogP contribution in [0.5, 0.6) is 0 Å². The Kier molecular flexibility index (Phi) is 6.15. The van der Waals surface area contributed by atoms with Gasteiger partial charge in [-0.2, -0.15) is 0 Å². The van der Waals surface area contributed by atoms with Crippen molar-refractivity contribution in [2.24, 2.45) is 0 Å². The number of nitrogens with zero attached hydrogens (tertiary/aromatic N) is 1. The first-order valence-electron chi connectivity index (χ1n) is 5.88. The third kappa shape index (κ3) is 5.18. The lowest BCUT2D eigenvalue weighted by Gasteiger charge is -2.18. The Hall–Kier alpha value is -1.75. The van der Waals surface area contributed by atoms with Crippen molar-refractivity contribution < 1.29 is 14.3 Å². The lowest BCUT2D eigenvalue weighted by Crippen LogP contribution is -2.32. The molecule has 1 aromatic rings. The van der Waals surface area contributed by atoms with E-state index in [4.69, 9.17) is 11.6 Å². The van der Waals surface area contributed by atoms with Crippen LogP contribution in [0.1, 0.15) is 12.8 Å². The molecule has 0 unspecified atom stereocenters. The minimum absolute atomic E-state index is 0.266. The predicted octanol–water partition coefficient (Wildman–Crippen LogP) is 2.76. The van der Waals surface area contributed by atoms with Crippen LogP contribution in [0.3, 0.4) is 0 Å². The average Bonchev–Trinajstić information content (AvgIpc) is 2.40. The van der Waals surface area contributed by atoms with Gasteiger partial charge in [-0.3, -0.25) is 4.79 Å². The molecule has 5 nitrogen and oxygen atoms in total. The second-order valence-electron chi connectivity index (χ2n) is 4.01. The molecule has 0 fully saturated rings. The van der Waals surface area contributed by atoms with Gasteiger partial charge in [0.2, 0.25) is 0 Å². The van der Waals surface area contributed by atoms with Crippen molar-refractivity contribution in [2.45, 2.75) is 12.8 Å². The quantitative estimate of drug-likeness (QED) is 0.846. The number of urea groups is 1. The topological polar surface area (TPSA) is 58.6 Å². The number of amides is 2. The zero-order valence-electron chi connectivity index (χ0n) is 11.0. The van der Waals surface area contributed by atoms with E-state index in [-0.39, 0.29) is 12.0 Å². The molecule has 0 aliphatic rings. The largest absolute Gasteiger partial charge is 0.469 e. The molecule has 104 valence electrons. The molecule has 0 aliphatic carbocycles. The summed E-state index contributed by atoms with van der Waals surface area (Å²) in [6, 6.07) is 6.74. The third-order valence-corrected chi connectivity index (χ3v) is 2.89. The Morgan fingerprint density at radius 1 is 1.37 bits per heavy atom. The molecule has 0 atom stereocenters. The van der Waals surface area contributed by atoms with Crippen LogP contribution in [0, 0.1) is 0 Å². The molecule has 19 heavy (non-hydrogen) atoms. The second kappa shape index (κ2) is 7.63. The highest BCUT2D eigenvalue weighted by Gasteiger charge is 2.11. The maximum atomic E-state index is 11.8. The Morgan fingerprint density at radius 3 is 2.68 bits per heavy atom. The van der Waals surface area contributed by atoms with Crippen LogP contribution >= 0.6 is 11.6 Å². The van der Waals surface area contributed by atoms with E-state index in [0.29, 0.717) is 30.1 Å². The fraction of sp³-hybridized carbons (Fsp3) is 0.385. The minimum Gasteiger partial charge on any atom is -0.469 e. The smallest absolute Gasteiger partial charge is 0.321 e. The number of rotatable bonds is 5. The third-order valence-electron chi connectivity index (χ3n) is 2.56. The van der Waals surface area contributed by atoms with E-state index in [9.17, 15) is 9.59 Å². The van der Waals surface area contributed by atoms with E-state index in [1.165, 1.54) is 12.0 Å². The van der Waals surface area contributed by atoms with Gasteiger partial charge in [0.1, 0.15) is 0 Å². The summed E-state index contributed by atoms with van der Waals surface area (Å²) in [7, 11) is 3.00. The summed E-state index contributed by atoms with van der Waals surface area (Å²) in [5.74, 6) is -0.278.